The second-order valence-corrected chi connectivity index (χ2v) is 9.70. The first kappa shape index (κ1) is 27.5. The number of aromatic nitrogens is 1. The lowest BCUT2D eigenvalue weighted by Gasteiger charge is -2.36. The SMILES string of the molecule is CCN1CCN(c2c(C)c(C(=O)NCCc3ccc(OC)c(OC)c3)n(Cc3ccccc3F)c2C)CC1. The van der Waals surface area contributed by atoms with E-state index in [1.165, 1.54) is 6.07 Å². The summed E-state index contributed by atoms with van der Waals surface area (Å²) in [7, 11) is 3.22. The minimum absolute atomic E-state index is 0.152. The molecule has 3 aromatic rings. The van der Waals surface area contributed by atoms with E-state index in [1.807, 2.05) is 42.7 Å². The highest BCUT2D eigenvalue weighted by atomic mass is 19.1. The molecule has 2 aromatic carbocycles. The van der Waals surface area contributed by atoms with Gasteiger partial charge in [-0.1, -0.05) is 31.2 Å². The van der Waals surface area contributed by atoms with Gasteiger partial charge in [-0.3, -0.25) is 4.79 Å². The second-order valence-electron chi connectivity index (χ2n) is 9.70. The minimum atomic E-state index is -0.267. The molecule has 1 N–H and O–H groups in total. The van der Waals surface area contributed by atoms with Crippen molar-refractivity contribution in [2.75, 3.05) is 58.4 Å². The molecule has 0 spiro atoms. The highest BCUT2D eigenvalue weighted by Crippen LogP contribution is 2.33. The van der Waals surface area contributed by atoms with Crippen molar-refractivity contribution < 1.29 is 18.7 Å². The van der Waals surface area contributed by atoms with E-state index >= 15 is 0 Å². The molecule has 1 aromatic heterocycles. The Bertz CT molecular complexity index is 1260. The van der Waals surface area contributed by atoms with Crippen molar-refractivity contribution >= 4 is 11.6 Å². The summed E-state index contributed by atoms with van der Waals surface area (Å²) in [5.74, 6) is 0.913. The van der Waals surface area contributed by atoms with Crippen LogP contribution in [-0.4, -0.2) is 68.9 Å². The fourth-order valence-corrected chi connectivity index (χ4v) is 5.36. The van der Waals surface area contributed by atoms with Crippen LogP contribution in [0.2, 0.25) is 0 Å². The zero-order chi connectivity index (χ0) is 27.2. The number of rotatable bonds is 10. The summed E-state index contributed by atoms with van der Waals surface area (Å²) in [6.07, 6.45) is 0.643. The van der Waals surface area contributed by atoms with Crippen LogP contribution in [0.15, 0.2) is 42.5 Å². The van der Waals surface area contributed by atoms with Crippen LogP contribution in [0, 0.1) is 19.7 Å². The molecule has 1 aliphatic rings. The summed E-state index contributed by atoms with van der Waals surface area (Å²) in [4.78, 5) is 18.4. The largest absolute Gasteiger partial charge is 0.493 e. The van der Waals surface area contributed by atoms with Gasteiger partial charge in [0.05, 0.1) is 26.5 Å². The maximum absolute atomic E-state index is 14.6. The summed E-state index contributed by atoms with van der Waals surface area (Å²) >= 11 is 0. The molecule has 1 amide bonds. The van der Waals surface area contributed by atoms with Gasteiger partial charge in [-0.2, -0.15) is 0 Å². The Morgan fingerprint density at radius 2 is 1.71 bits per heavy atom. The van der Waals surface area contributed by atoms with Crippen molar-refractivity contribution in [2.24, 2.45) is 0 Å². The smallest absolute Gasteiger partial charge is 0.268 e. The summed E-state index contributed by atoms with van der Waals surface area (Å²) in [5, 5.41) is 3.10. The molecule has 8 heteroatoms. The average Bonchev–Trinajstić information content (AvgIpc) is 3.18. The van der Waals surface area contributed by atoms with Crippen LogP contribution in [0.5, 0.6) is 11.5 Å². The van der Waals surface area contributed by atoms with Crippen molar-refractivity contribution in [1.82, 2.24) is 14.8 Å². The van der Waals surface area contributed by atoms with Gasteiger partial charge in [-0.15, -0.1) is 0 Å². The number of halogens is 1. The summed E-state index contributed by atoms with van der Waals surface area (Å²) in [6.45, 7) is 11.8. The van der Waals surface area contributed by atoms with Crippen molar-refractivity contribution in [3.63, 3.8) is 0 Å². The third-order valence-electron chi connectivity index (χ3n) is 7.51. The molecule has 7 nitrogen and oxygen atoms in total. The quantitative estimate of drug-likeness (QED) is 0.427. The number of benzene rings is 2. The third-order valence-corrected chi connectivity index (χ3v) is 7.51. The van der Waals surface area contributed by atoms with Crippen LogP contribution in [0.4, 0.5) is 10.1 Å². The average molecular weight is 523 g/mol. The summed E-state index contributed by atoms with van der Waals surface area (Å²) in [5.41, 5.74) is 5.20. The fourth-order valence-electron chi connectivity index (χ4n) is 5.36. The Labute approximate surface area is 225 Å². The van der Waals surface area contributed by atoms with Crippen molar-refractivity contribution in [2.45, 2.75) is 33.7 Å². The van der Waals surface area contributed by atoms with E-state index in [1.54, 1.807) is 26.4 Å². The number of nitrogens with zero attached hydrogens (tertiary/aromatic N) is 3. The van der Waals surface area contributed by atoms with Crippen LogP contribution in [0.3, 0.4) is 0 Å². The van der Waals surface area contributed by atoms with Gasteiger partial charge in [0.15, 0.2) is 11.5 Å². The Balaban J connectivity index is 1.59. The minimum Gasteiger partial charge on any atom is -0.493 e. The van der Waals surface area contributed by atoms with E-state index < -0.39 is 0 Å². The zero-order valence-corrected chi connectivity index (χ0v) is 23.1. The van der Waals surface area contributed by atoms with E-state index in [2.05, 4.69) is 22.0 Å². The second kappa shape index (κ2) is 12.3. The van der Waals surface area contributed by atoms with E-state index in [0.717, 1.165) is 55.2 Å². The van der Waals surface area contributed by atoms with Crippen molar-refractivity contribution in [1.29, 1.82) is 0 Å². The molecule has 0 aliphatic carbocycles. The molecule has 1 aliphatic heterocycles. The summed E-state index contributed by atoms with van der Waals surface area (Å²) < 4.78 is 27.3. The number of nitrogens with one attached hydrogen (secondary N) is 1. The molecule has 0 unspecified atom stereocenters. The molecule has 2 heterocycles. The Kier molecular flexibility index (Phi) is 8.94. The lowest BCUT2D eigenvalue weighted by Crippen LogP contribution is -2.46. The highest BCUT2D eigenvalue weighted by Gasteiger charge is 2.28. The van der Waals surface area contributed by atoms with Crippen molar-refractivity contribution in [3.8, 4) is 11.5 Å². The van der Waals surface area contributed by atoms with Gasteiger partial charge >= 0.3 is 0 Å². The van der Waals surface area contributed by atoms with Crippen LogP contribution >= 0.6 is 0 Å². The molecule has 204 valence electrons. The number of hydrogen-bond donors (Lipinski definition) is 1. The van der Waals surface area contributed by atoms with E-state index in [9.17, 15) is 9.18 Å². The van der Waals surface area contributed by atoms with Crippen molar-refractivity contribution in [3.05, 3.63) is 76.4 Å². The predicted octanol–water partition coefficient (Wildman–Crippen LogP) is 4.42. The first-order chi connectivity index (χ1) is 18.4. The third kappa shape index (κ3) is 5.80. The number of amides is 1. The zero-order valence-electron chi connectivity index (χ0n) is 23.1. The fraction of sp³-hybridized carbons (Fsp3) is 0.433. The molecule has 1 fully saturated rings. The first-order valence-corrected chi connectivity index (χ1v) is 13.3. The molecule has 0 radical (unpaired) electrons. The van der Waals surface area contributed by atoms with Gasteiger partial charge in [0, 0.05) is 49.5 Å². The van der Waals surface area contributed by atoms with Gasteiger partial charge in [0.1, 0.15) is 11.5 Å². The number of piperazine rings is 1. The maximum Gasteiger partial charge on any atom is 0.268 e. The van der Waals surface area contributed by atoms with Crippen LogP contribution in [-0.2, 0) is 13.0 Å². The number of ether oxygens (including phenoxy) is 2. The molecule has 38 heavy (non-hydrogen) atoms. The molecule has 1 saturated heterocycles. The van der Waals surface area contributed by atoms with Gasteiger partial charge in [0.25, 0.3) is 5.91 Å². The maximum atomic E-state index is 14.6. The topological polar surface area (TPSA) is 59.0 Å². The number of hydrogen-bond acceptors (Lipinski definition) is 5. The highest BCUT2D eigenvalue weighted by molar-refractivity contribution is 5.96. The van der Waals surface area contributed by atoms with Crippen LogP contribution in [0.25, 0.3) is 0 Å². The number of anilines is 1. The standard InChI is InChI=1S/C30H39FN4O3/c1-6-33-15-17-34(18-16-33)28-21(2)29(35(22(28)3)20-24-9-7-8-10-25(24)31)30(36)32-14-13-23-11-12-26(37-4)27(19-23)38-5/h7-12,19H,6,13-18,20H2,1-5H3,(H,32,36). The van der Waals surface area contributed by atoms with Gasteiger partial charge in [-0.05, 0) is 50.6 Å². The van der Waals surface area contributed by atoms with E-state index in [-0.39, 0.29) is 11.7 Å². The number of likely N-dealkylation sites (N-methyl/N-ethyl adjacent to an activating group) is 1. The van der Waals surface area contributed by atoms with E-state index in [4.69, 9.17) is 9.47 Å². The van der Waals surface area contributed by atoms with E-state index in [0.29, 0.717) is 42.3 Å². The van der Waals surface area contributed by atoms with Gasteiger partial charge in [-0.25, -0.2) is 4.39 Å². The Morgan fingerprint density at radius 3 is 2.37 bits per heavy atom. The van der Waals surface area contributed by atoms with Crippen LogP contribution < -0.4 is 19.7 Å². The molecular formula is C30H39FN4O3. The first-order valence-electron chi connectivity index (χ1n) is 13.3. The molecule has 4 rings (SSSR count). The monoisotopic (exact) mass is 522 g/mol. The number of carbonyl (C=O) groups excluding carboxylic acids is 1. The van der Waals surface area contributed by atoms with Gasteiger partial charge < -0.3 is 29.2 Å². The Hall–Kier alpha value is -3.52. The summed E-state index contributed by atoms with van der Waals surface area (Å²) in [6, 6.07) is 12.5. The molecule has 0 bridgehead atoms. The normalized spacial score (nSPS) is 14.0. The predicted molar refractivity (Wildman–Crippen MR) is 149 cm³/mol. The molecular weight excluding hydrogens is 483 g/mol. The number of methoxy groups -OCH3 is 2. The lowest BCUT2D eigenvalue weighted by atomic mass is 10.1. The molecule has 0 atom stereocenters. The lowest BCUT2D eigenvalue weighted by molar-refractivity contribution is 0.0944. The van der Waals surface area contributed by atoms with Gasteiger partial charge in [0.2, 0.25) is 0 Å². The van der Waals surface area contributed by atoms with Crippen LogP contribution in [0.1, 0.15) is 39.8 Å². The molecule has 0 saturated carbocycles. The Morgan fingerprint density at radius 1 is 1.00 bits per heavy atom. The number of carbonyl (C=O) groups is 1.